The number of rotatable bonds is 12. The number of hydrogen-bond acceptors (Lipinski definition) is 4. The first-order chi connectivity index (χ1) is 16.9. The van der Waals surface area contributed by atoms with Gasteiger partial charge in [-0.25, -0.2) is 8.70 Å². The third-order valence-corrected chi connectivity index (χ3v) is 7.93. The normalized spacial score (nSPS) is 13.2. The van der Waals surface area contributed by atoms with Crippen LogP contribution in [-0.2, 0) is 26.3 Å². The van der Waals surface area contributed by atoms with Gasteiger partial charge in [-0.15, -0.1) is 0 Å². The lowest BCUT2D eigenvalue weighted by Crippen LogP contribution is -2.54. The fraction of sp³-hybridized carbons (Fsp3) is 0.462. The van der Waals surface area contributed by atoms with Crippen LogP contribution < -0.4 is 9.62 Å². The molecular formula is C26H37FN4O4S. The molecule has 10 heteroatoms. The second kappa shape index (κ2) is 12.8. The number of para-hydroxylation sites is 1. The molecule has 36 heavy (non-hydrogen) atoms. The second-order valence-electron chi connectivity index (χ2n) is 8.94. The minimum Gasteiger partial charge on any atom is -0.352 e. The molecule has 0 aromatic heterocycles. The molecule has 2 aromatic rings. The number of nitrogens with one attached hydrogen (secondary N) is 1. The molecule has 0 fully saturated rings. The largest absolute Gasteiger partial charge is 0.352 e. The zero-order valence-electron chi connectivity index (χ0n) is 21.9. The second-order valence-corrected chi connectivity index (χ2v) is 11.0. The van der Waals surface area contributed by atoms with Crippen molar-refractivity contribution in [2.45, 2.75) is 59.2 Å². The summed E-state index contributed by atoms with van der Waals surface area (Å²) < 4.78 is 42.7. The number of carbonyl (C=O) groups is 2. The first-order valence-electron chi connectivity index (χ1n) is 12.0. The van der Waals surface area contributed by atoms with Crippen molar-refractivity contribution >= 4 is 27.7 Å². The zero-order valence-corrected chi connectivity index (χ0v) is 22.7. The van der Waals surface area contributed by atoms with E-state index < -0.39 is 34.5 Å². The van der Waals surface area contributed by atoms with E-state index in [0.717, 1.165) is 32.2 Å². The van der Waals surface area contributed by atoms with E-state index in [2.05, 4.69) is 5.32 Å². The number of amides is 2. The van der Waals surface area contributed by atoms with Gasteiger partial charge in [0.05, 0.1) is 5.69 Å². The van der Waals surface area contributed by atoms with Gasteiger partial charge in [-0.2, -0.15) is 12.7 Å². The number of hydrogen-bond donors (Lipinski definition) is 1. The van der Waals surface area contributed by atoms with Gasteiger partial charge in [0.25, 0.3) is 0 Å². The summed E-state index contributed by atoms with van der Waals surface area (Å²) in [7, 11) is -1.60. The van der Waals surface area contributed by atoms with Crippen molar-refractivity contribution in [3.63, 3.8) is 0 Å². The third-order valence-electron chi connectivity index (χ3n) is 6.13. The molecule has 0 radical (unpaired) electrons. The molecule has 0 spiro atoms. The van der Waals surface area contributed by atoms with Crippen molar-refractivity contribution in [3.8, 4) is 0 Å². The fourth-order valence-electron chi connectivity index (χ4n) is 3.69. The number of halogens is 1. The molecular weight excluding hydrogens is 483 g/mol. The standard InChI is InChI=1S/C26H37FN4O4S/c1-7-20(4)28-26(33)23(8-2)30(17-21-14-10-9-13-19(21)3)25(32)18-31(36(34,35)29(5)6)24-16-12-11-15-22(24)27/h9-16,20,23H,7-8,17-18H2,1-6H3,(H,28,33)/t20-,23-/m1/s1. The number of carbonyl (C=O) groups excluding carboxylic acids is 2. The fourth-order valence-corrected chi connectivity index (χ4v) is 4.75. The summed E-state index contributed by atoms with van der Waals surface area (Å²) in [4.78, 5) is 28.3. The molecule has 0 unspecified atom stereocenters. The smallest absolute Gasteiger partial charge is 0.304 e. The van der Waals surface area contributed by atoms with Crippen LogP contribution in [0.2, 0.25) is 0 Å². The number of benzene rings is 2. The summed E-state index contributed by atoms with van der Waals surface area (Å²) in [6.45, 7) is 6.96. The first-order valence-corrected chi connectivity index (χ1v) is 13.4. The summed E-state index contributed by atoms with van der Waals surface area (Å²) in [6, 6.07) is 11.9. The van der Waals surface area contributed by atoms with E-state index in [1.54, 1.807) is 6.92 Å². The average molecular weight is 521 g/mol. The van der Waals surface area contributed by atoms with Crippen molar-refractivity contribution in [2.24, 2.45) is 0 Å². The number of aryl methyl sites for hydroxylation is 1. The molecule has 2 aromatic carbocycles. The van der Waals surface area contributed by atoms with Crippen LogP contribution in [0.4, 0.5) is 10.1 Å². The molecule has 0 aliphatic carbocycles. The molecule has 0 bridgehead atoms. The van der Waals surface area contributed by atoms with Crippen LogP contribution >= 0.6 is 0 Å². The molecule has 8 nitrogen and oxygen atoms in total. The van der Waals surface area contributed by atoms with Crippen molar-refractivity contribution in [1.82, 2.24) is 14.5 Å². The zero-order chi connectivity index (χ0) is 27.0. The summed E-state index contributed by atoms with van der Waals surface area (Å²) in [5.41, 5.74) is 1.51. The Balaban J connectivity index is 2.54. The lowest BCUT2D eigenvalue weighted by molar-refractivity contribution is -0.140. The topological polar surface area (TPSA) is 90.0 Å². The van der Waals surface area contributed by atoms with E-state index in [4.69, 9.17) is 0 Å². The van der Waals surface area contributed by atoms with E-state index in [1.165, 1.54) is 37.2 Å². The highest BCUT2D eigenvalue weighted by Crippen LogP contribution is 2.24. The highest BCUT2D eigenvalue weighted by molar-refractivity contribution is 7.90. The van der Waals surface area contributed by atoms with Crippen molar-refractivity contribution in [3.05, 3.63) is 65.5 Å². The maximum absolute atomic E-state index is 14.7. The SMILES string of the molecule is CC[C@@H](C)NC(=O)[C@@H](CC)N(Cc1ccccc1C)C(=O)CN(c1ccccc1F)S(=O)(=O)N(C)C. The lowest BCUT2D eigenvalue weighted by Gasteiger charge is -2.34. The Morgan fingerprint density at radius 2 is 1.61 bits per heavy atom. The van der Waals surface area contributed by atoms with Gasteiger partial charge in [-0.05, 0) is 49.9 Å². The van der Waals surface area contributed by atoms with Crippen molar-refractivity contribution in [2.75, 3.05) is 24.9 Å². The molecule has 1 N–H and O–H groups in total. The maximum Gasteiger partial charge on any atom is 0.304 e. The van der Waals surface area contributed by atoms with Gasteiger partial charge in [0, 0.05) is 26.7 Å². The predicted molar refractivity (Wildman–Crippen MR) is 140 cm³/mol. The summed E-state index contributed by atoms with van der Waals surface area (Å²) in [5.74, 6) is -1.71. The minimum atomic E-state index is -4.22. The van der Waals surface area contributed by atoms with E-state index in [9.17, 15) is 22.4 Å². The molecule has 2 rings (SSSR count). The Bertz CT molecular complexity index is 1160. The van der Waals surface area contributed by atoms with E-state index in [1.807, 2.05) is 45.0 Å². The molecule has 0 aliphatic heterocycles. The third kappa shape index (κ3) is 7.04. The summed E-state index contributed by atoms with van der Waals surface area (Å²) >= 11 is 0. The van der Waals surface area contributed by atoms with Gasteiger partial charge in [0.2, 0.25) is 11.8 Å². The minimum absolute atomic E-state index is 0.0917. The Morgan fingerprint density at radius 1 is 1.00 bits per heavy atom. The van der Waals surface area contributed by atoms with E-state index in [-0.39, 0.29) is 24.2 Å². The molecule has 198 valence electrons. The van der Waals surface area contributed by atoms with Crippen LogP contribution in [0.3, 0.4) is 0 Å². The summed E-state index contributed by atoms with van der Waals surface area (Å²) in [6.07, 6.45) is 1.04. The molecule has 0 heterocycles. The monoisotopic (exact) mass is 520 g/mol. The van der Waals surface area contributed by atoms with Gasteiger partial charge < -0.3 is 10.2 Å². The Morgan fingerprint density at radius 3 is 2.17 bits per heavy atom. The number of nitrogens with zero attached hydrogens (tertiary/aromatic N) is 3. The maximum atomic E-state index is 14.7. The molecule has 0 saturated carbocycles. The Labute approximate surface area is 214 Å². The molecule has 0 aliphatic rings. The molecule has 0 saturated heterocycles. The van der Waals surface area contributed by atoms with Crippen LogP contribution in [-0.4, -0.2) is 62.2 Å². The first kappa shape index (κ1) is 29.3. The van der Waals surface area contributed by atoms with Crippen molar-refractivity contribution < 1.29 is 22.4 Å². The Hall–Kier alpha value is -2.98. The highest BCUT2D eigenvalue weighted by Gasteiger charge is 2.35. The quantitative estimate of drug-likeness (QED) is 0.464. The van der Waals surface area contributed by atoms with E-state index >= 15 is 0 Å². The van der Waals surface area contributed by atoms with Gasteiger partial charge in [0.1, 0.15) is 18.4 Å². The van der Waals surface area contributed by atoms with Crippen LogP contribution in [0.15, 0.2) is 48.5 Å². The van der Waals surface area contributed by atoms with Crippen LogP contribution in [0.5, 0.6) is 0 Å². The molecule has 2 amide bonds. The molecule has 2 atom stereocenters. The van der Waals surface area contributed by atoms with Crippen LogP contribution in [0, 0.1) is 12.7 Å². The van der Waals surface area contributed by atoms with Gasteiger partial charge >= 0.3 is 10.2 Å². The van der Waals surface area contributed by atoms with Crippen LogP contribution in [0.25, 0.3) is 0 Å². The van der Waals surface area contributed by atoms with E-state index in [0.29, 0.717) is 6.42 Å². The Kier molecular flexibility index (Phi) is 10.4. The van der Waals surface area contributed by atoms with Crippen molar-refractivity contribution in [1.29, 1.82) is 0 Å². The lowest BCUT2D eigenvalue weighted by atomic mass is 10.1. The van der Waals surface area contributed by atoms with Gasteiger partial charge in [0.15, 0.2) is 0 Å². The number of anilines is 1. The highest BCUT2D eigenvalue weighted by atomic mass is 32.2. The van der Waals surface area contributed by atoms with Crippen LogP contribution in [0.1, 0.15) is 44.7 Å². The summed E-state index contributed by atoms with van der Waals surface area (Å²) in [5, 5.41) is 2.93. The average Bonchev–Trinajstić information content (AvgIpc) is 2.83. The van der Waals surface area contributed by atoms with Gasteiger partial charge in [-0.1, -0.05) is 50.2 Å². The predicted octanol–water partition coefficient (Wildman–Crippen LogP) is 3.47. The van der Waals surface area contributed by atoms with Gasteiger partial charge in [-0.3, -0.25) is 9.59 Å².